The maximum Gasteiger partial charge on any atom is 0.434 e. The lowest BCUT2D eigenvalue weighted by Gasteiger charge is -2.17. The van der Waals surface area contributed by atoms with E-state index in [0.717, 1.165) is 23.1 Å². The van der Waals surface area contributed by atoms with Gasteiger partial charge in [-0.3, -0.25) is 9.59 Å². The van der Waals surface area contributed by atoms with Gasteiger partial charge in [-0.2, -0.15) is 13.2 Å². The first-order chi connectivity index (χ1) is 10.8. The molecule has 1 aliphatic rings. The topological polar surface area (TPSA) is 62.3 Å². The number of rotatable bonds is 6. The Kier molecular flexibility index (Phi) is 5.61. The van der Waals surface area contributed by atoms with E-state index in [1.54, 1.807) is 11.8 Å². The molecule has 5 nitrogen and oxygen atoms in total. The van der Waals surface area contributed by atoms with Gasteiger partial charge in [-0.15, -0.1) is 11.3 Å². The van der Waals surface area contributed by atoms with Crippen molar-refractivity contribution in [3.63, 3.8) is 0 Å². The lowest BCUT2D eigenvalue weighted by Crippen LogP contribution is -2.33. The first-order valence-electron chi connectivity index (χ1n) is 7.41. The van der Waals surface area contributed by atoms with E-state index >= 15 is 0 Å². The fraction of sp³-hybridized carbons (Fsp3) is 0.643. The average Bonchev–Trinajstić information content (AvgIpc) is 3.11. The van der Waals surface area contributed by atoms with Crippen LogP contribution >= 0.6 is 11.3 Å². The summed E-state index contributed by atoms with van der Waals surface area (Å²) in [5.41, 5.74) is -0.937. The van der Waals surface area contributed by atoms with Crippen LogP contribution in [0.5, 0.6) is 0 Å². The summed E-state index contributed by atoms with van der Waals surface area (Å²) in [6.07, 6.45) is -2.58. The second kappa shape index (κ2) is 7.29. The molecule has 0 aliphatic carbocycles. The molecule has 0 unspecified atom stereocenters. The van der Waals surface area contributed by atoms with Crippen molar-refractivity contribution in [2.45, 2.75) is 44.8 Å². The molecule has 2 heterocycles. The van der Waals surface area contributed by atoms with Gasteiger partial charge in [0.05, 0.1) is 6.04 Å². The number of carbonyl (C=O) groups is 2. The Labute approximate surface area is 135 Å². The number of halogens is 3. The second-order valence-corrected chi connectivity index (χ2v) is 6.22. The molecule has 0 radical (unpaired) electrons. The fourth-order valence-corrected chi connectivity index (χ4v) is 3.32. The first-order valence-corrected chi connectivity index (χ1v) is 8.29. The van der Waals surface area contributed by atoms with Crippen LogP contribution in [0.1, 0.15) is 49.4 Å². The van der Waals surface area contributed by atoms with Gasteiger partial charge >= 0.3 is 6.18 Å². The predicted octanol–water partition coefficient (Wildman–Crippen LogP) is 2.74. The number of hydrogen-bond donors (Lipinski definition) is 1. The van der Waals surface area contributed by atoms with Gasteiger partial charge in [-0.05, 0) is 12.8 Å². The van der Waals surface area contributed by atoms with Gasteiger partial charge in [0.1, 0.15) is 5.01 Å². The molecule has 0 saturated carbocycles. The molecule has 1 aliphatic heterocycles. The van der Waals surface area contributed by atoms with E-state index in [0.29, 0.717) is 25.9 Å². The molecule has 128 valence electrons. The van der Waals surface area contributed by atoms with E-state index in [9.17, 15) is 22.8 Å². The van der Waals surface area contributed by atoms with Gasteiger partial charge < -0.3 is 10.2 Å². The monoisotopic (exact) mass is 349 g/mol. The van der Waals surface area contributed by atoms with Crippen LogP contribution in [0.3, 0.4) is 0 Å². The molecule has 1 fully saturated rings. The molecule has 0 spiro atoms. The van der Waals surface area contributed by atoms with E-state index in [4.69, 9.17) is 0 Å². The number of alkyl halides is 3. The van der Waals surface area contributed by atoms with Crippen LogP contribution in [0.4, 0.5) is 13.2 Å². The third kappa shape index (κ3) is 4.66. The quantitative estimate of drug-likeness (QED) is 0.859. The lowest BCUT2D eigenvalue weighted by molar-refractivity contribution is -0.140. The first kappa shape index (κ1) is 17.7. The predicted molar refractivity (Wildman–Crippen MR) is 78.7 cm³/mol. The highest BCUT2D eigenvalue weighted by molar-refractivity contribution is 7.09. The molecule has 9 heteroatoms. The second-order valence-electron chi connectivity index (χ2n) is 5.33. The Morgan fingerprint density at radius 2 is 2.26 bits per heavy atom. The number of nitrogens with one attached hydrogen (secondary N) is 1. The van der Waals surface area contributed by atoms with Crippen molar-refractivity contribution in [1.82, 2.24) is 15.2 Å². The molecule has 1 saturated heterocycles. The molecular weight excluding hydrogens is 331 g/mol. The van der Waals surface area contributed by atoms with Crippen molar-refractivity contribution in [2.24, 2.45) is 0 Å². The van der Waals surface area contributed by atoms with Gasteiger partial charge in [0, 0.05) is 31.3 Å². The minimum atomic E-state index is -4.48. The summed E-state index contributed by atoms with van der Waals surface area (Å²) in [5.74, 6) is -0.250. The Morgan fingerprint density at radius 1 is 1.52 bits per heavy atom. The zero-order valence-electron chi connectivity index (χ0n) is 12.7. The van der Waals surface area contributed by atoms with Crippen molar-refractivity contribution in [2.75, 3.05) is 13.1 Å². The van der Waals surface area contributed by atoms with Crippen LogP contribution in [0, 0.1) is 0 Å². The van der Waals surface area contributed by atoms with Crippen LogP contribution in [0.25, 0.3) is 0 Å². The van der Waals surface area contributed by atoms with Crippen LogP contribution in [-0.2, 0) is 15.8 Å². The molecule has 2 rings (SSSR count). The third-order valence-electron chi connectivity index (χ3n) is 3.63. The Balaban J connectivity index is 1.89. The summed E-state index contributed by atoms with van der Waals surface area (Å²) in [6, 6.07) is -0.544. The van der Waals surface area contributed by atoms with Crippen LogP contribution in [0.15, 0.2) is 5.38 Å². The maximum absolute atomic E-state index is 12.6. The highest BCUT2D eigenvalue weighted by atomic mass is 32.1. The molecule has 1 aromatic heterocycles. The average molecular weight is 349 g/mol. The molecule has 0 bridgehead atoms. The number of aromatic nitrogens is 1. The molecule has 0 aromatic carbocycles. The van der Waals surface area contributed by atoms with E-state index in [1.165, 1.54) is 0 Å². The zero-order chi connectivity index (χ0) is 17.0. The number of nitrogens with zero attached hydrogens (tertiary/aromatic N) is 2. The standard InChI is InChI=1S/C14H18F3N3O2S/c1-2-9(13-19-10(8-23-13)14(15,16)17)18-11(21)5-7-20-6-3-4-12(20)22/h8-9H,2-7H2,1H3,(H,18,21)/t9-/m0/s1. The van der Waals surface area contributed by atoms with Crippen molar-refractivity contribution < 1.29 is 22.8 Å². The van der Waals surface area contributed by atoms with Crippen molar-refractivity contribution in [1.29, 1.82) is 0 Å². The van der Waals surface area contributed by atoms with Gasteiger partial charge in [0.15, 0.2) is 5.69 Å². The summed E-state index contributed by atoms with van der Waals surface area (Å²) >= 11 is 0.885. The SMILES string of the molecule is CC[C@H](NC(=O)CCN1CCCC1=O)c1nc(C(F)(F)F)cs1. The molecule has 1 N–H and O–H groups in total. The van der Waals surface area contributed by atoms with E-state index < -0.39 is 17.9 Å². The normalized spacial score (nSPS) is 16.7. The number of carbonyl (C=O) groups excluding carboxylic acids is 2. The molecule has 23 heavy (non-hydrogen) atoms. The summed E-state index contributed by atoms with van der Waals surface area (Å²) in [4.78, 5) is 28.6. The largest absolute Gasteiger partial charge is 0.434 e. The number of amides is 2. The lowest BCUT2D eigenvalue weighted by atomic mass is 10.2. The maximum atomic E-state index is 12.6. The van der Waals surface area contributed by atoms with Crippen LogP contribution < -0.4 is 5.32 Å². The van der Waals surface area contributed by atoms with E-state index in [2.05, 4.69) is 10.3 Å². The Morgan fingerprint density at radius 3 is 2.78 bits per heavy atom. The summed E-state index contributed by atoms with van der Waals surface area (Å²) in [5, 5.41) is 3.88. The summed E-state index contributed by atoms with van der Waals surface area (Å²) in [6.45, 7) is 2.76. The van der Waals surface area contributed by atoms with Gasteiger partial charge in [-0.25, -0.2) is 4.98 Å². The van der Waals surface area contributed by atoms with Gasteiger partial charge in [0.2, 0.25) is 11.8 Å². The van der Waals surface area contributed by atoms with Crippen molar-refractivity contribution >= 4 is 23.2 Å². The molecular formula is C14H18F3N3O2S. The molecule has 2 amide bonds. The summed E-state index contributed by atoms with van der Waals surface area (Å²) in [7, 11) is 0. The van der Waals surface area contributed by atoms with Crippen LogP contribution in [0.2, 0.25) is 0 Å². The van der Waals surface area contributed by atoms with Crippen molar-refractivity contribution in [3.05, 3.63) is 16.1 Å². The smallest absolute Gasteiger partial charge is 0.347 e. The molecule has 1 aromatic rings. The molecule has 1 atom stereocenters. The van der Waals surface area contributed by atoms with Gasteiger partial charge in [-0.1, -0.05) is 6.92 Å². The van der Waals surface area contributed by atoms with Gasteiger partial charge in [0.25, 0.3) is 0 Å². The summed E-state index contributed by atoms with van der Waals surface area (Å²) < 4.78 is 37.7. The Hall–Kier alpha value is -1.64. The number of hydrogen-bond acceptors (Lipinski definition) is 4. The minimum Gasteiger partial charge on any atom is -0.347 e. The number of likely N-dealkylation sites (tertiary alicyclic amines) is 1. The fourth-order valence-electron chi connectivity index (χ4n) is 2.36. The minimum absolute atomic E-state index is 0.0413. The van der Waals surface area contributed by atoms with E-state index in [-0.39, 0.29) is 23.2 Å². The van der Waals surface area contributed by atoms with E-state index in [1.807, 2.05) is 0 Å². The highest BCUT2D eigenvalue weighted by Gasteiger charge is 2.34. The van der Waals surface area contributed by atoms with Crippen LogP contribution in [-0.4, -0.2) is 34.8 Å². The zero-order valence-corrected chi connectivity index (χ0v) is 13.5. The highest BCUT2D eigenvalue weighted by Crippen LogP contribution is 2.32. The Bertz CT molecular complexity index is 574. The number of thiazole rings is 1. The van der Waals surface area contributed by atoms with Crippen molar-refractivity contribution in [3.8, 4) is 0 Å². The third-order valence-corrected chi connectivity index (χ3v) is 4.59.